The van der Waals surface area contributed by atoms with Gasteiger partial charge >= 0.3 is 0 Å². The molecule has 0 unspecified atom stereocenters. The largest absolute Gasteiger partial charge is 0.497 e. The number of hydrogen-bond donors (Lipinski definition) is 0. The second-order valence-electron chi connectivity index (χ2n) is 7.68. The first-order valence-electron chi connectivity index (χ1n) is 10.4. The Labute approximate surface area is 171 Å². The number of hydrogen-bond acceptors (Lipinski definition) is 4. The van der Waals surface area contributed by atoms with Crippen LogP contribution in [-0.2, 0) is 30.7 Å². The average molecular weight is 396 g/mol. The molecule has 1 aromatic heterocycles. The van der Waals surface area contributed by atoms with Crippen LogP contribution >= 0.6 is 0 Å². The standard InChI is InChI=1S/C22H28N4O3/c1-3-26-19-9-12-25(20(27)14-16-7-6-8-17(13-16)29-2)15-18(19)21(23-26)22(28)24-10-4-5-11-24/h6-8,13H,3-5,9-12,14-15H2,1-2H3. The van der Waals surface area contributed by atoms with Gasteiger partial charge in [-0.25, -0.2) is 0 Å². The van der Waals surface area contributed by atoms with E-state index in [1.54, 1.807) is 7.11 Å². The van der Waals surface area contributed by atoms with Gasteiger partial charge in [0.15, 0.2) is 5.69 Å². The molecule has 1 aromatic carbocycles. The van der Waals surface area contributed by atoms with Crippen molar-refractivity contribution in [1.29, 1.82) is 0 Å². The van der Waals surface area contributed by atoms with Gasteiger partial charge < -0.3 is 14.5 Å². The lowest BCUT2D eigenvalue weighted by Gasteiger charge is -2.28. The number of aromatic nitrogens is 2. The summed E-state index contributed by atoms with van der Waals surface area (Å²) in [4.78, 5) is 29.7. The van der Waals surface area contributed by atoms with Gasteiger partial charge in [-0.05, 0) is 37.5 Å². The first kappa shape index (κ1) is 19.5. The highest BCUT2D eigenvalue weighted by Gasteiger charge is 2.32. The molecule has 0 atom stereocenters. The third kappa shape index (κ3) is 3.86. The highest BCUT2D eigenvalue weighted by Crippen LogP contribution is 2.26. The third-order valence-electron chi connectivity index (χ3n) is 5.87. The Morgan fingerprint density at radius 1 is 1.14 bits per heavy atom. The number of carbonyl (C=O) groups is 2. The number of amides is 2. The summed E-state index contributed by atoms with van der Waals surface area (Å²) in [6.07, 6.45) is 3.15. The molecule has 7 heteroatoms. The topological polar surface area (TPSA) is 67.7 Å². The van der Waals surface area contributed by atoms with Gasteiger partial charge in [-0.1, -0.05) is 12.1 Å². The summed E-state index contributed by atoms with van der Waals surface area (Å²) in [5.41, 5.74) is 3.48. The molecule has 3 heterocycles. The molecule has 7 nitrogen and oxygen atoms in total. The lowest BCUT2D eigenvalue weighted by Crippen LogP contribution is -2.38. The molecule has 154 valence electrons. The van der Waals surface area contributed by atoms with Gasteiger partial charge in [0.2, 0.25) is 5.91 Å². The van der Waals surface area contributed by atoms with Crippen LogP contribution in [0.4, 0.5) is 0 Å². The number of benzene rings is 1. The molecule has 1 fully saturated rings. The van der Waals surface area contributed by atoms with E-state index in [4.69, 9.17) is 4.74 Å². The Hall–Kier alpha value is -2.83. The summed E-state index contributed by atoms with van der Waals surface area (Å²) in [6, 6.07) is 7.60. The second-order valence-corrected chi connectivity index (χ2v) is 7.68. The first-order valence-corrected chi connectivity index (χ1v) is 10.4. The van der Waals surface area contributed by atoms with Crippen molar-refractivity contribution >= 4 is 11.8 Å². The highest BCUT2D eigenvalue weighted by molar-refractivity contribution is 5.94. The molecule has 0 N–H and O–H groups in total. The van der Waals surface area contributed by atoms with E-state index >= 15 is 0 Å². The van der Waals surface area contributed by atoms with Gasteiger partial charge in [-0.2, -0.15) is 5.10 Å². The van der Waals surface area contributed by atoms with Crippen molar-refractivity contribution < 1.29 is 14.3 Å². The van der Waals surface area contributed by atoms with Crippen LogP contribution in [-0.4, -0.2) is 58.1 Å². The molecule has 29 heavy (non-hydrogen) atoms. The number of fused-ring (bicyclic) bond motifs is 1. The fraction of sp³-hybridized carbons (Fsp3) is 0.500. The zero-order valence-corrected chi connectivity index (χ0v) is 17.2. The number of aryl methyl sites for hydroxylation is 1. The van der Waals surface area contributed by atoms with Crippen LogP contribution in [0.2, 0.25) is 0 Å². The van der Waals surface area contributed by atoms with Crippen molar-refractivity contribution in [2.45, 2.75) is 45.7 Å². The fourth-order valence-electron chi connectivity index (χ4n) is 4.28. The molecule has 2 aliphatic rings. The summed E-state index contributed by atoms with van der Waals surface area (Å²) in [7, 11) is 1.62. The van der Waals surface area contributed by atoms with Crippen LogP contribution in [0.3, 0.4) is 0 Å². The van der Waals surface area contributed by atoms with Crippen molar-refractivity contribution in [3.8, 4) is 5.75 Å². The van der Waals surface area contributed by atoms with E-state index in [0.29, 0.717) is 25.2 Å². The van der Waals surface area contributed by atoms with E-state index in [2.05, 4.69) is 5.10 Å². The van der Waals surface area contributed by atoms with Crippen molar-refractivity contribution in [2.24, 2.45) is 0 Å². The van der Waals surface area contributed by atoms with Crippen LogP contribution in [0.25, 0.3) is 0 Å². The summed E-state index contributed by atoms with van der Waals surface area (Å²) < 4.78 is 7.19. The van der Waals surface area contributed by atoms with Gasteiger partial charge in [-0.3, -0.25) is 14.3 Å². The van der Waals surface area contributed by atoms with Crippen LogP contribution in [0.5, 0.6) is 5.75 Å². The van der Waals surface area contributed by atoms with Crippen LogP contribution in [0.1, 0.15) is 47.1 Å². The summed E-state index contributed by atoms with van der Waals surface area (Å²) in [5, 5.41) is 4.63. The zero-order chi connectivity index (χ0) is 20.4. The maximum absolute atomic E-state index is 13.0. The molecule has 2 aromatic rings. The molecular weight excluding hydrogens is 368 g/mol. The molecule has 0 saturated carbocycles. The summed E-state index contributed by atoms with van der Waals surface area (Å²) in [6.45, 7) is 5.47. The Morgan fingerprint density at radius 2 is 1.93 bits per heavy atom. The minimum Gasteiger partial charge on any atom is -0.497 e. The molecule has 2 amide bonds. The number of methoxy groups -OCH3 is 1. The number of likely N-dealkylation sites (tertiary alicyclic amines) is 1. The first-order chi connectivity index (χ1) is 14.1. The van der Waals surface area contributed by atoms with E-state index in [-0.39, 0.29) is 11.8 Å². The van der Waals surface area contributed by atoms with Gasteiger partial charge in [0.1, 0.15) is 5.75 Å². The average Bonchev–Trinajstić information content (AvgIpc) is 3.41. The zero-order valence-electron chi connectivity index (χ0n) is 17.2. The summed E-state index contributed by atoms with van der Waals surface area (Å²) in [5.74, 6) is 0.819. The maximum Gasteiger partial charge on any atom is 0.274 e. The van der Waals surface area contributed by atoms with Crippen LogP contribution in [0, 0.1) is 0 Å². The highest BCUT2D eigenvalue weighted by atomic mass is 16.5. The minimum atomic E-state index is 0.00745. The van der Waals surface area contributed by atoms with E-state index in [1.165, 1.54) is 0 Å². The van der Waals surface area contributed by atoms with E-state index in [9.17, 15) is 9.59 Å². The number of rotatable bonds is 5. The van der Waals surface area contributed by atoms with Gasteiger partial charge in [0.05, 0.1) is 13.5 Å². The van der Waals surface area contributed by atoms with E-state index in [1.807, 2.05) is 45.7 Å². The van der Waals surface area contributed by atoms with Crippen molar-refractivity contribution in [2.75, 3.05) is 26.7 Å². The van der Waals surface area contributed by atoms with Gasteiger partial charge in [-0.15, -0.1) is 0 Å². The fourth-order valence-corrected chi connectivity index (χ4v) is 4.28. The van der Waals surface area contributed by atoms with E-state index in [0.717, 1.165) is 61.5 Å². The van der Waals surface area contributed by atoms with Gasteiger partial charge in [0, 0.05) is 50.4 Å². The predicted octanol–water partition coefficient (Wildman–Crippen LogP) is 2.27. The molecule has 0 bridgehead atoms. The normalized spacial score (nSPS) is 16.1. The minimum absolute atomic E-state index is 0.00745. The van der Waals surface area contributed by atoms with Gasteiger partial charge in [0.25, 0.3) is 5.91 Å². The Bertz CT molecular complexity index is 915. The molecule has 2 aliphatic heterocycles. The second kappa shape index (κ2) is 8.27. The van der Waals surface area contributed by atoms with Crippen LogP contribution < -0.4 is 4.74 Å². The molecular formula is C22H28N4O3. The van der Waals surface area contributed by atoms with Crippen molar-refractivity contribution in [3.63, 3.8) is 0 Å². The SMILES string of the molecule is CCn1nc(C(=O)N2CCCC2)c2c1CCN(C(=O)Cc1cccc(OC)c1)C2. The number of carbonyl (C=O) groups excluding carboxylic acids is 2. The van der Waals surface area contributed by atoms with Crippen molar-refractivity contribution in [3.05, 3.63) is 46.8 Å². The smallest absolute Gasteiger partial charge is 0.274 e. The lowest BCUT2D eigenvalue weighted by molar-refractivity contribution is -0.131. The predicted molar refractivity (Wildman–Crippen MR) is 109 cm³/mol. The molecule has 4 rings (SSSR count). The maximum atomic E-state index is 13.0. The summed E-state index contributed by atoms with van der Waals surface area (Å²) >= 11 is 0. The third-order valence-corrected chi connectivity index (χ3v) is 5.87. The Kier molecular flexibility index (Phi) is 5.56. The van der Waals surface area contributed by atoms with Crippen molar-refractivity contribution in [1.82, 2.24) is 19.6 Å². The monoisotopic (exact) mass is 396 g/mol. The number of nitrogens with zero attached hydrogens (tertiary/aromatic N) is 4. The molecule has 1 saturated heterocycles. The van der Waals surface area contributed by atoms with Crippen LogP contribution in [0.15, 0.2) is 24.3 Å². The van der Waals surface area contributed by atoms with E-state index < -0.39 is 0 Å². The Balaban J connectivity index is 1.54. The number of ether oxygens (including phenoxy) is 1. The lowest BCUT2D eigenvalue weighted by atomic mass is 10.0. The molecule has 0 radical (unpaired) electrons. The molecule has 0 aliphatic carbocycles. The quantitative estimate of drug-likeness (QED) is 0.778. The molecule has 0 spiro atoms. The Morgan fingerprint density at radius 3 is 2.66 bits per heavy atom.